The fourth-order valence-corrected chi connectivity index (χ4v) is 3.04. The highest BCUT2D eigenvalue weighted by Crippen LogP contribution is 2.30. The Morgan fingerprint density at radius 1 is 1.33 bits per heavy atom. The lowest BCUT2D eigenvalue weighted by molar-refractivity contribution is 0.0140. The summed E-state index contributed by atoms with van der Waals surface area (Å²) in [5.74, 6) is 1.71. The molecule has 1 saturated carbocycles. The Kier molecular flexibility index (Phi) is 5.53. The summed E-state index contributed by atoms with van der Waals surface area (Å²) in [6.07, 6.45) is 5.17. The van der Waals surface area contributed by atoms with Crippen molar-refractivity contribution in [3.63, 3.8) is 0 Å². The molecule has 0 atom stereocenters. The summed E-state index contributed by atoms with van der Waals surface area (Å²) in [6, 6.07) is 1.98. The maximum atomic E-state index is 10.5. The van der Waals surface area contributed by atoms with Crippen molar-refractivity contribution in [2.75, 3.05) is 25.5 Å². The SMILES string of the molecule is CCCNc1cc(C)nc(CN(C)CC2(O)CCCC2)n1. The zero-order valence-corrected chi connectivity index (χ0v) is 13.5. The van der Waals surface area contributed by atoms with E-state index in [0.717, 1.165) is 56.0 Å². The van der Waals surface area contributed by atoms with E-state index in [-0.39, 0.29) is 0 Å². The van der Waals surface area contributed by atoms with Crippen molar-refractivity contribution in [2.24, 2.45) is 0 Å². The Hall–Kier alpha value is -1.20. The van der Waals surface area contributed by atoms with Gasteiger partial charge in [-0.3, -0.25) is 4.90 Å². The van der Waals surface area contributed by atoms with Crippen LogP contribution in [0.4, 0.5) is 5.82 Å². The number of hydrogen-bond acceptors (Lipinski definition) is 5. The van der Waals surface area contributed by atoms with E-state index < -0.39 is 5.60 Å². The molecule has 1 heterocycles. The molecule has 5 heteroatoms. The van der Waals surface area contributed by atoms with Crippen molar-refractivity contribution in [3.05, 3.63) is 17.6 Å². The molecule has 0 bridgehead atoms. The normalized spacial score (nSPS) is 17.4. The lowest BCUT2D eigenvalue weighted by Gasteiger charge is -2.28. The predicted octanol–water partition coefficient (Wildman–Crippen LogP) is 2.34. The Labute approximate surface area is 127 Å². The maximum Gasteiger partial charge on any atom is 0.144 e. The van der Waals surface area contributed by atoms with Crippen molar-refractivity contribution in [1.29, 1.82) is 0 Å². The van der Waals surface area contributed by atoms with Crippen LogP contribution >= 0.6 is 0 Å². The molecular weight excluding hydrogens is 264 g/mol. The largest absolute Gasteiger partial charge is 0.389 e. The highest BCUT2D eigenvalue weighted by atomic mass is 16.3. The van der Waals surface area contributed by atoms with E-state index in [9.17, 15) is 5.11 Å². The van der Waals surface area contributed by atoms with Gasteiger partial charge >= 0.3 is 0 Å². The standard InChI is InChI=1S/C16H28N4O/c1-4-9-17-14-10-13(2)18-15(19-14)11-20(3)12-16(21)7-5-6-8-16/h10,21H,4-9,11-12H2,1-3H3,(H,17,18,19). The Morgan fingerprint density at radius 3 is 2.71 bits per heavy atom. The second-order valence-corrected chi connectivity index (χ2v) is 6.34. The third-order valence-corrected chi connectivity index (χ3v) is 3.97. The van der Waals surface area contributed by atoms with Crippen LogP contribution in [-0.2, 0) is 6.54 Å². The summed E-state index contributed by atoms with van der Waals surface area (Å²) in [5.41, 5.74) is 0.466. The molecule has 1 aromatic heterocycles. The lowest BCUT2D eigenvalue weighted by atomic mass is 10.0. The molecule has 2 N–H and O–H groups in total. The maximum absolute atomic E-state index is 10.5. The third kappa shape index (κ3) is 4.93. The second-order valence-electron chi connectivity index (χ2n) is 6.34. The van der Waals surface area contributed by atoms with Gasteiger partial charge in [0.2, 0.25) is 0 Å². The molecule has 5 nitrogen and oxygen atoms in total. The summed E-state index contributed by atoms with van der Waals surface area (Å²) in [5, 5.41) is 13.8. The molecular formula is C16H28N4O. The fraction of sp³-hybridized carbons (Fsp3) is 0.750. The van der Waals surface area contributed by atoms with Crippen LogP contribution in [0.1, 0.15) is 50.5 Å². The lowest BCUT2D eigenvalue weighted by Crippen LogP contribution is -2.39. The van der Waals surface area contributed by atoms with E-state index in [1.54, 1.807) is 0 Å². The number of nitrogens with zero attached hydrogens (tertiary/aromatic N) is 3. The number of hydrogen-bond donors (Lipinski definition) is 2. The third-order valence-electron chi connectivity index (χ3n) is 3.97. The Morgan fingerprint density at radius 2 is 2.05 bits per heavy atom. The van der Waals surface area contributed by atoms with E-state index >= 15 is 0 Å². The van der Waals surface area contributed by atoms with E-state index in [4.69, 9.17) is 0 Å². The highest BCUT2D eigenvalue weighted by Gasteiger charge is 2.32. The molecule has 0 spiro atoms. The molecule has 1 aliphatic rings. The zero-order chi connectivity index (χ0) is 15.3. The van der Waals surface area contributed by atoms with Gasteiger partial charge in [0.1, 0.15) is 11.6 Å². The Balaban J connectivity index is 1.96. The molecule has 2 rings (SSSR count). The van der Waals surface area contributed by atoms with Gasteiger partial charge in [-0.05, 0) is 33.2 Å². The number of aliphatic hydroxyl groups is 1. The number of likely N-dealkylation sites (N-methyl/N-ethyl adjacent to an activating group) is 1. The number of anilines is 1. The van der Waals surface area contributed by atoms with Gasteiger partial charge in [0.05, 0.1) is 12.1 Å². The van der Waals surface area contributed by atoms with Gasteiger partial charge in [-0.2, -0.15) is 0 Å². The molecule has 0 saturated heterocycles. The molecule has 118 valence electrons. The van der Waals surface area contributed by atoms with Crippen molar-refractivity contribution < 1.29 is 5.11 Å². The summed E-state index contributed by atoms with van der Waals surface area (Å²) in [7, 11) is 2.03. The first-order valence-corrected chi connectivity index (χ1v) is 8.00. The van der Waals surface area contributed by atoms with Crippen LogP contribution in [0.3, 0.4) is 0 Å². The first kappa shape index (κ1) is 16.2. The van der Waals surface area contributed by atoms with Crippen molar-refractivity contribution >= 4 is 5.82 Å². The van der Waals surface area contributed by atoms with Crippen LogP contribution in [0.25, 0.3) is 0 Å². The summed E-state index contributed by atoms with van der Waals surface area (Å²) in [4.78, 5) is 11.2. The van der Waals surface area contributed by atoms with Crippen LogP contribution in [0.15, 0.2) is 6.07 Å². The minimum atomic E-state index is -0.512. The monoisotopic (exact) mass is 292 g/mol. The van der Waals surface area contributed by atoms with E-state index in [0.29, 0.717) is 13.1 Å². The highest BCUT2D eigenvalue weighted by molar-refractivity contribution is 5.35. The minimum Gasteiger partial charge on any atom is -0.389 e. The van der Waals surface area contributed by atoms with Gasteiger partial charge in [0.25, 0.3) is 0 Å². The van der Waals surface area contributed by atoms with Crippen LogP contribution in [-0.4, -0.2) is 45.7 Å². The molecule has 0 unspecified atom stereocenters. The summed E-state index contributed by atoms with van der Waals surface area (Å²) >= 11 is 0. The summed E-state index contributed by atoms with van der Waals surface area (Å²) in [6.45, 7) is 6.42. The molecule has 1 aliphatic carbocycles. The predicted molar refractivity (Wildman–Crippen MR) is 85.3 cm³/mol. The molecule has 0 aliphatic heterocycles. The van der Waals surface area contributed by atoms with E-state index in [2.05, 4.69) is 27.1 Å². The first-order valence-electron chi connectivity index (χ1n) is 8.00. The van der Waals surface area contributed by atoms with Crippen LogP contribution < -0.4 is 5.32 Å². The van der Waals surface area contributed by atoms with Gasteiger partial charge in [-0.1, -0.05) is 19.8 Å². The van der Waals surface area contributed by atoms with Gasteiger partial charge < -0.3 is 10.4 Å². The zero-order valence-electron chi connectivity index (χ0n) is 13.5. The van der Waals surface area contributed by atoms with E-state index in [1.165, 1.54) is 0 Å². The number of nitrogens with one attached hydrogen (secondary N) is 1. The van der Waals surface area contributed by atoms with Gasteiger partial charge in [-0.25, -0.2) is 9.97 Å². The fourth-order valence-electron chi connectivity index (χ4n) is 3.04. The molecule has 1 fully saturated rings. The van der Waals surface area contributed by atoms with Crippen molar-refractivity contribution in [2.45, 2.75) is 58.1 Å². The topological polar surface area (TPSA) is 61.3 Å². The van der Waals surface area contributed by atoms with Crippen LogP contribution in [0.5, 0.6) is 0 Å². The van der Waals surface area contributed by atoms with Gasteiger partial charge in [0, 0.05) is 24.8 Å². The molecule has 1 aromatic rings. The van der Waals surface area contributed by atoms with Crippen LogP contribution in [0.2, 0.25) is 0 Å². The Bertz CT molecular complexity index is 458. The van der Waals surface area contributed by atoms with E-state index in [1.807, 2.05) is 20.0 Å². The smallest absolute Gasteiger partial charge is 0.144 e. The molecule has 0 radical (unpaired) electrons. The summed E-state index contributed by atoms with van der Waals surface area (Å²) < 4.78 is 0. The number of aromatic nitrogens is 2. The van der Waals surface area contributed by atoms with Crippen LogP contribution in [0, 0.1) is 6.92 Å². The average molecular weight is 292 g/mol. The average Bonchev–Trinajstić information content (AvgIpc) is 2.81. The minimum absolute atomic E-state index is 0.512. The number of aryl methyl sites for hydroxylation is 1. The second kappa shape index (κ2) is 7.18. The first-order chi connectivity index (χ1) is 10.0. The van der Waals surface area contributed by atoms with Gasteiger partial charge in [0.15, 0.2) is 0 Å². The quantitative estimate of drug-likeness (QED) is 0.808. The van der Waals surface area contributed by atoms with Crippen molar-refractivity contribution in [3.8, 4) is 0 Å². The number of rotatable bonds is 7. The molecule has 0 aromatic carbocycles. The molecule has 21 heavy (non-hydrogen) atoms. The molecule has 0 amide bonds. The van der Waals surface area contributed by atoms with Crippen molar-refractivity contribution in [1.82, 2.24) is 14.9 Å². The van der Waals surface area contributed by atoms with Gasteiger partial charge in [-0.15, -0.1) is 0 Å².